The maximum atomic E-state index is 13.6. The maximum Gasteiger partial charge on any atom is 0.256 e. The minimum Gasteiger partial charge on any atom is -0.352 e. The molecule has 1 saturated carbocycles. The Labute approximate surface area is 195 Å². The number of fused-ring (bicyclic) bond motifs is 1. The van der Waals surface area contributed by atoms with Crippen LogP contribution in [0.5, 0.6) is 0 Å². The molecule has 0 spiro atoms. The number of nitrogens with one attached hydrogen (secondary N) is 2. The number of aromatic nitrogens is 3. The Kier molecular flexibility index (Phi) is 5.99. The first-order chi connectivity index (χ1) is 15.6. The number of hydrogen-bond acceptors (Lipinski definition) is 4. The monoisotopic (exact) mass is 447 g/mol. The minimum atomic E-state index is -0.267. The van der Waals surface area contributed by atoms with Crippen molar-refractivity contribution >= 4 is 28.5 Å². The Balaban J connectivity index is 1.74. The Morgan fingerprint density at radius 3 is 2.45 bits per heavy atom. The number of amides is 2. The fourth-order valence-corrected chi connectivity index (χ4v) is 3.92. The second-order valence-corrected chi connectivity index (χ2v) is 10.3. The summed E-state index contributed by atoms with van der Waals surface area (Å²) in [5.74, 6) is 0.266. The molecule has 2 amide bonds. The summed E-state index contributed by atoms with van der Waals surface area (Å²) in [5.41, 5.74) is 3.65. The topological polar surface area (TPSA) is 88.9 Å². The van der Waals surface area contributed by atoms with E-state index < -0.39 is 0 Å². The summed E-state index contributed by atoms with van der Waals surface area (Å²) in [6.07, 6.45) is 2.17. The third kappa shape index (κ3) is 4.77. The minimum absolute atomic E-state index is 0.199. The van der Waals surface area contributed by atoms with Crippen LogP contribution in [0.2, 0.25) is 0 Å². The van der Waals surface area contributed by atoms with Gasteiger partial charge in [-0.05, 0) is 64.7 Å². The van der Waals surface area contributed by atoms with Crippen LogP contribution in [0.15, 0.2) is 30.3 Å². The maximum absolute atomic E-state index is 13.6. The summed E-state index contributed by atoms with van der Waals surface area (Å²) in [5, 5.41) is 11.4. The molecule has 1 aliphatic carbocycles. The molecule has 0 unspecified atom stereocenters. The van der Waals surface area contributed by atoms with Gasteiger partial charge < -0.3 is 10.6 Å². The summed E-state index contributed by atoms with van der Waals surface area (Å²) in [6.45, 7) is 12.8. The van der Waals surface area contributed by atoms with E-state index in [0.29, 0.717) is 35.2 Å². The molecule has 4 rings (SSSR count). The van der Waals surface area contributed by atoms with Crippen molar-refractivity contribution in [1.29, 1.82) is 0 Å². The van der Waals surface area contributed by atoms with Gasteiger partial charge in [-0.2, -0.15) is 5.10 Å². The number of pyridine rings is 1. The van der Waals surface area contributed by atoms with E-state index in [1.54, 1.807) is 18.2 Å². The molecule has 1 aromatic carbocycles. The molecule has 33 heavy (non-hydrogen) atoms. The van der Waals surface area contributed by atoms with E-state index >= 15 is 0 Å². The summed E-state index contributed by atoms with van der Waals surface area (Å²) in [7, 11) is 0. The second kappa shape index (κ2) is 8.61. The molecule has 2 N–H and O–H groups in total. The van der Waals surface area contributed by atoms with Crippen LogP contribution in [-0.4, -0.2) is 33.1 Å². The predicted molar refractivity (Wildman–Crippen MR) is 131 cm³/mol. The quantitative estimate of drug-likeness (QED) is 0.556. The van der Waals surface area contributed by atoms with Crippen molar-refractivity contribution in [2.45, 2.75) is 65.8 Å². The molecule has 7 nitrogen and oxygen atoms in total. The molecule has 2 aromatic heterocycles. The van der Waals surface area contributed by atoms with Crippen LogP contribution in [0.25, 0.3) is 11.0 Å². The van der Waals surface area contributed by atoms with Crippen LogP contribution >= 0.6 is 0 Å². The highest BCUT2D eigenvalue weighted by atomic mass is 16.2. The fourth-order valence-electron chi connectivity index (χ4n) is 3.92. The molecule has 3 aromatic rings. The number of carbonyl (C=O) groups is 2. The molecule has 174 valence electrons. The van der Waals surface area contributed by atoms with E-state index in [1.165, 1.54) is 0 Å². The number of hydrogen-bond donors (Lipinski definition) is 2. The molecule has 0 radical (unpaired) electrons. The van der Waals surface area contributed by atoms with Crippen LogP contribution in [0.4, 0.5) is 5.69 Å². The number of anilines is 1. The van der Waals surface area contributed by atoms with Gasteiger partial charge in [0.25, 0.3) is 11.8 Å². The van der Waals surface area contributed by atoms with Gasteiger partial charge in [0.05, 0.1) is 33.4 Å². The predicted octanol–water partition coefficient (Wildman–Crippen LogP) is 5.01. The molecule has 0 bridgehead atoms. The van der Waals surface area contributed by atoms with E-state index in [1.807, 2.05) is 37.6 Å². The van der Waals surface area contributed by atoms with Crippen molar-refractivity contribution < 1.29 is 9.59 Å². The van der Waals surface area contributed by atoms with E-state index in [2.05, 4.69) is 31.4 Å². The van der Waals surface area contributed by atoms with Gasteiger partial charge in [0, 0.05) is 18.2 Å². The molecule has 7 heteroatoms. The third-order valence-electron chi connectivity index (χ3n) is 5.80. The van der Waals surface area contributed by atoms with Crippen molar-refractivity contribution in [2.75, 3.05) is 11.9 Å². The van der Waals surface area contributed by atoms with Crippen molar-refractivity contribution in [3.8, 4) is 0 Å². The van der Waals surface area contributed by atoms with Crippen LogP contribution < -0.4 is 10.6 Å². The number of aryl methyl sites for hydroxylation is 1. The van der Waals surface area contributed by atoms with Crippen LogP contribution in [0.1, 0.15) is 85.5 Å². The molecule has 1 fully saturated rings. The lowest BCUT2D eigenvalue weighted by Gasteiger charge is -2.20. The van der Waals surface area contributed by atoms with E-state index in [0.717, 1.165) is 35.3 Å². The zero-order valence-electron chi connectivity index (χ0n) is 20.3. The smallest absolute Gasteiger partial charge is 0.256 e. The average molecular weight is 448 g/mol. The summed E-state index contributed by atoms with van der Waals surface area (Å²) < 4.78 is 1.91. The first kappa shape index (κ1) is 23.0. The number of carbonyl (C=O) groups excluding carboxylic acids is 2. The highest BCUT2D eigenvalue weighted by molar-refractivity contribution is 6.14. The Hall–Kier alpha value is -3.22. The van der Waals surface area contributed by atoms with Gasteiger partial charge >= 0.3 is 0 Å². The third-order valence-corrected chi connectivity index (χ3v) is 5.80. The largest absolute Gasteiger partial charge is 0.352 e. The summed E-state index contributed by atoms with van der Waals surface area (Å²) in [4.78, 5) is 31.2. The van der Waals surface area contributed by atoms with Gasteiger partial charge in [-0.1, -0.05) is 26.0 Å². The SMILES string of the molecule is Cc1nn(C(C)(C)C)c2nc(C3CC3)cc(C(=O)Nc3ccccc3C(=O)NCC(C)C)c12. The van der Waals surface area contributed by atoms with Crippen molar-refractivity contribution in [2.24, 2.45) is 5.92 Å². The average Bonchev–Trinajstić information content (AvgIpc) is 3.54. The molecular weight excluding hydrogens is 414 g/mol. The second-order valence-electron chi connectivity index (χ2n) is 10.3. The lowest BCUT2D eigenvalue weighted by molar-refractivity contribution is 0.0950. The lowest BCUT2D eigenvalue weighted by Crippen LogP contribution is -2.28. The van der Waals surface area contributed by atoms with E-state index in [-0.39, 0.29) is 17.4 Å². The van der Waals surface area contributed by atoms with Gasteiger partial charge in [-0.15, -0.1) is 0 Å². The number of nitrogens with zero attached hydrogens (tertiary/aromatic N) is 3. The summed E-state index contributed by atoms with van der Waals surface area (Å²) >= 11 is 0. The van der Waals surface area contributed by atoms with Crippen LogP contribution in [-0.2, 0) is 5.54 Å². The van der Waals surface area contributed by atoms with Gasteiger partial charge in [0.1, 0.15) is 0 Å². The zero-order chi connectivity index (χ0) is 23.9. The first-order valence-electron chi connectivity index (χ1n) is 11.7. The zero-order valence-corrected chi connectivity index (χ0v) is 20.3. The van der Waals surface area contributed by atoms with Crippen molar-refractivity contribution in [1.82, 2.24) is 20.1 Å². The Bertz CT molecular complexity index is 1220. The van der Waals surface area contributed by atoms with Gasteiger partial charge in [0.2, 0.25) is 0 Å². The molecule has 0 atom stereocenters. The number of para-hydroxylation sites is 1. The fraction of sp³-hybridized carbons (Fsp3) is 0.462. The molecule has 1 aliphatic rings. The highest BCUT2D eigenvalue weighted by Gasteiger charge is 2.30. The van der Waals surface area contributed by atoms with E-state index in [4.69, 9.17) is 10.1 Å². The Morgan fingerprint density at radius 2 is 1.82 bits per heavy atom. The van der Waals surface area contributed by atoms with E-state index in [9.17, 15) is 9.59 Å². The number of rotatable bonds is 6. The standard InChI is InChI=1S/C26H33N5O2/c1-15(2)14-27-24(32)18-9-7-8-10-20(18)29-25(33)19-13-21(17-11-12-17)28-23-22(19)16(3)30-31(23)26(4,5)6/h7-10,13,15,17H,11-12,14H2,1-6H3,(H,27,32)(H,29,33). The molecular formula is C26H33N5O2. The van der Waals surface area contributed by atoms with Gasteiger partial charge in [-0.25, -0.2) is 9.67 Å². The first-order valence-corrected chi connectivity index (χ1v) is 11.7. The highest BCUT2D eigenvalue weighted by Crippen LogP contribution is 2.41. The van der Waals surface area contributed by atoms with Gasteiger partial charge in [-0.3, -0.25) is 9.59 Å². The number of benzene rings is 1. The Morgan fingerprint density at radius 1 is 1.12 bits per heavy atom. The van der Waals surface area contributed by atoms with Gasteiger partial charge in [0.15, 0.2) is 5.65 Å². The van der Waals surface area contributed by atoms with Crippen LogP contribution in [0, 0.1) is 12.8 Å². The molecule has 2 heterocycles. The lowest BCUT2D eigenvalue weighted by atomic mass is 10.1. The van der Waals surface area contributed by atoms with Crippen LogP contribution in [0.3, 0.4) is 0 Å². The van der Waals surface area contributed by atoms with Crippen molar-refractivity contribution in [3.05, 3.63) is 52.8 Å². The molecule has 0 saturated heterocycles. The molecule has 0 aliphatic heterocycles. The normalized spacial score (nSPS) is 14.0. The van der Waals surface area contributed by atoms with Crippen molar-refractivity contribution in [3.63, 3.8) is 0 Å². The summed E-state index contributed by atoms with van der Waals surface area (Å²) in [6, 6.07) is 9.00.